The molecule has 1 atom stereocenters. The zero-order valence-corrected chi connectivity index (χ0v) is 13.2. The maximum atomic E-state index is 13.7. The lowest BCUT2D eigenvalue weighted by atomic mass is 10.1. The Morgan fingerprint density at radius 3 is 2.68 bits per heavy atom. The molecule has 0 heterocycles. The molecule has 4 heteroatoms. The number of methoxy groups -OCH3 is 1. The Morgan fingerprint density at radius 2 is 2.00 bits per heavy atom. The number of hydrogen-bond donors (Lipinski definition) is 1. The summed E-state index contributed by atoms with van der Waals surface area (Å²) in [6, 6.07) is 13.0. The molecule has 0 aliphatic carbocycles. The molecule has 1 N–H and O–H groups in total. The van der Waals surface area contributed by atoms with Crippen LogP contribution in [0.2, 0.25) is 0 Å². The fraction of sp³-hybridized carbons (Fsp3) is 0.333. The molecular weight excluding hydrogens is 281 g/mol. The van der Waals surface area contributed by atoms with Crippen LogP contribution in [0.25, 0.3) is 0 Å². The largest absolute Gasteiger partial charge is 0.494 e. The van der Waals surface area contributed by atoms with Gasteiger partial charge in [-0.2, -0.15) is 0 Å². The fourth-order valence-electron chi connectivity index (χ4n) is 2.25. The zero-order valence-electron chi connectivity index (χ0n) is 13.2. The highest BCUT2D eigenvalue weighted by atomic mass is 19.1. The second kappa shape index (κ2) is 7.80. The van der Waals surface area contributed by atoms with Gasteiger partial charge in [0, 0.05) is 12.6 Å². The van der Waals surface area contributed by atoms with Gasteiger partial charge in [0.25, 0.3) is 0 Å². The number of rotatable bonds is 7. The number of nitrogens with one attached hydrogen (secondary N) is 1. The second-order valence-electron chi connectivity index (χ2n) is 5.08. The quantitative estimate of drug-likeness (QED) is 0.836. The summed E-state index contributed by atoms with van der Waals surface area (Å²) < 4.78 is 24.2. The Morgan fingerprint density at radius 1 is 1.18 bits per heavy atom. The van der Waals surface area contributed by atoms with Gasteiger partial charge >= 0.3 is 0 Å². The second-order valence-corrected chi connectivity index (χ2v) is 5.08. The number of hydrogen-bond acceptors (Lipinski definition) is 3. The minimum atomic E-state index is -0.341. The summed E-state index contributed by atoms with van der Waals surface area (Å²) in [7, 11) is 1.46. The van der Waals surface area contributed by atoms with Crippen LogP contribution in [0.3, 0.4) is 0 Å². The summed E-state index contributed by atoms with van der Waals surface area (Å²) in [6.45, 7) is 5.31. The minimum absolute atomic E-state index is 0.0381. The summed E-state index contributed by atoms with van der Waals surface area (Å²) >= 11 is 0. The van der Waals surface area contributed by atoms with Gasteiger partial charge in [-0.1, -0.05) is 18.2 Å². The third-order valence-electron chi connectivity index (χ3n) is 3.50. The summed E-state index contributed by atoms with van der Waals surface area (Å²) in [5.74, 6) is 0.789. The Labute approximate surface area is 131 Å². The van der Waals surface area contributed by atoms with Crippen molar-refractivity contribution < 1.29 is 13.9 Å². The lowest BCUT2D eigenvalue weighted by Crippen LogP contribution is -2.18. The predicted octanol–water partition coefficient (Wildman–Crippen LogP) is 4.08. The summed E-state index contributed by atoms with van der Waals surface area (Å²) in [4.78, 5) is 0. The van der Waals surface area contributed by atoms with Crippen LogP contribution in [0.1, 0.15) is 31.0 Å². The highest BCUT2D eigenvalue weighted by Crippen LogP contribution is 2.22. The van der Waals surface area contributed by atoms with Gasteiger partial charge in [-0.3, -0.25) is 0 Å². The molecule has 2 rings (SSSR count). The standard InChI is InChI=1S/C18H22FNO2/c1-4-22-16-7-5-6-14(10-16)12-20-13(2)15-8-9-18(21-3)17(19)11-15/h5-11,13,20H,4,12H2,1-3H3. The van der Waals surface area contributed by atoms with Crippen molar-refractivity contribution in [2.75, 3.05) is 13.7 Å². The van der Waals surface area contributed by atoms with Crippen LogP contribution in [0.5, 0.6) is 11.5 Å². The molecule has 2 aromatic rings. The Kier molecular flexibility index (Phi) is 5.78. The van der Waals surface area contributed by atoms with E-state index in [-0.39, 0.29) is 17.6 Å². The lowest BCUT2D eigenvalue weighted by Gasteiger charge is -2.15. The van der Waals surface area contributed by atoms with E-state index in [0.29, 0.717) is 13.2 Å². The van der Waals surface area contributed by atoms with Crippen molar-refractivity contribution in [1.29, 1.82) is 0 Å². The summed E-state index contributed by atoms with van der Waals surface area (Å²) in [5, 5.41) is 3.39. The molecular formula is C18H22FNO2. The van der Waals surface area contributed by atoms with E-state index in [1.807, 2.05) is 44.2 Å². The van der Waals surface area contributed by atoms with Gasteiger partial charge in [0.2, 0.25) is 0 Å². The first-order valence-electron chi connectivity index (χ1n) is 7.42. The van der Waals surface area contributed by atoms with Gasteiger partial charge in [0.1, 0.15) is 5.75 Å². The van der Waals surface area contributed by atoms with E-state index in [0.717, 1.165) is 16.9 Å². The topological polar surface area (TPSA) is 30.5 Å². The van der Waals surface area contributed by atoms with Crippen molar-refractivity contribution in [2.45, 2.75) is 26.4 Å². The SMILES string of the molecule is CCOc1cccc(CNC(C)c2ccc(OC)c(F)c2)c1. The average Bonchev–Trinajstić information content (AvgIpc) is 2.53. The summed E-state index contributed by atoms with van der Waals surface area (Å²) in [5.41, 5.74) is 2.02. The normalized spacial score (nSPS) is 12.0. The van der Waals surface area contributed by atoms with Crippen LogP contribution in [0.4, 0.5) is 4.39 Å². The van der Waals surface area contributed by atoms with E-state index < -0.39 is 0 Å². The van der Waals surface area contributed by atoms with Gasteiger partial charge in [-0.05, 0) is 49.2 Å². The van der Waals surface area contributed by atoms with E-state index >= 15 is 0 Å². The monoisotopic (exact) mass is 303 g/mol. The molecule has 118 valence electrons. The Balaban J connectivity index is 1.98. The number of benzene rings is 2. The van der Waals surface area contributed by atoms with E-state index in [1.165, 1.54) is 13.2 Å². The lowest BCUT2D eigenvalue weighted by molar-refractivity contribution is 0.339. The smallest absolute Gasteiger partial charge is 0.165 e. The van der Waals surface area contributed by atoms with Crippen molar-refractivity contribution in [3.8, 4) is 11.5 Å². The van der Waals surface area contributed by atoms with Crippen LogP contribution in [-0.2, 0) is 6.54 Å². The molecule has 0 saturated carbocycles. The van der Waals surface area contributed by atoms with Crippen LogP contribution in [0, 0.1) is 5.82 Å². The van der Waals surface area contributed by atoms with Gasteiger partial charge in [-0.25, -0.2) is 4.39 Å². The molecule has 0 spiro atoms. The molecule has 0 fully saturated rings. The molecule has 0 saturated heterocycles. The molecule has 0 aromatic heterocycles. The first-order chi connectivity index (χ1) is 10.6. The maximum absolute atomic E-state index is 13.7. The third-order valence-corrected chi connectivity index (χ3v) is 3.50. The number of halogens is 1. The maximum Gasteiger partial charge on any atom is 0.165 e. The van der Waals surface area contributed by atoms with Gasteiger partial charge in [0.15, 0.2) is 11.6 Å². The van der Waals surface area contributed by atoms with Crippen LogP contribution in [0.15, 0.2) is 42.5 Å². The van der Waals surface area contributed by atoms with Gasteiger partial charge in [-0.15, -0.1) is 0 Å². The Hall–Kier alpha value is -2.07. The molecule has 1 unspecified atom stereocenters. The molecule has 2 aromatic carbocycles. The predicted molar refractivity (Wildman–Crippen MR) is 85.8 cm³/mol. The summed E-state index contributed by atoms with van der Waals surface area (Å²) in [6.07, 6.45) is 0. The van der Waals surface area contributed by atoms with Gasteiger partial charge < -0.3 is 14.8 Å². The van der Waals surface area contributed by atoms with Crippen LogP contribution in [-0.4, -0.2) is 13.7 Å². The van der Waals surface area contributed by atoms with Crippen molar-refractivity contribution in [3.63, 3.8) is 0 Å². The van der Waals surface area contributed by atoms with Gasteiger partial charge in [0.05, 0.1) is 13.7 Å². The van der Waals surface area contributed by atoms with E-state index in [4.69, 9.17) is 9.47 Å². The van der Waals surface area contributed by atoms with E-state index in [2.05, 4.69) is 5.32 Å². The Bertz CT molecular complexity index is 616. The molecule has 0 aliphatic heterocycles. The first kappa shape index (κ1) is 16.3. The highest BCUT2D eigenvalue weighted by Gasteiger charge is 2.09. The van der Waals surface area contributed by atoms with Crippen molar-refractivity contribution >= 4 is 0 Å². The van der Waals surface area contributed by atoms with Crippen molar-refractivity contribution in [2.24, 2.45) is 0 Å². The molecule has 0 amide bonds. The molecule has 0 radical (unpaired) electrons. The van der Waals surface area contributed by atoms with Crippen LogP contribution < -0.4 is 14.8 Å². The molecule has 0 bridgehead atoms. The van der Waals surface area contributed by atoms with Crippen molar-refractivity contribution in [1.82, 2.24) is 5.32 Å². The average molecular weight is 303 g/mol. The van der Waals surface area contributed by atoms with Crippen LogP contribution >= 0.6 is 0 Å². The van der Waals surface area contributed by atoms with E-state index in [9.17, 15) is 4.39 Å². The first-order valence-corrected chi connectivity index (χ1v) is 7.42. The highest BCUT2D eigenvalue weighted by molar-refractivity contribution is 5.31. The minimum Gasteiger partial charge on any atom is -0.494 e. The zero-order chi connectivity index (χ0) is 15.9. The molecule has 0 aliphatic rings. The van der Waals surface area contributed by atoms with Crippen molar-refractivity contribution in [3.05, 3.63) is 59.4 Å². The fourth-order valence-corrected chi connectivity index (χ4v) is 2.25. The van der Waals surface area contributed by atoms with E-state index in [1.54, 1.807) is 6.07 Å². The molecule has 3 nitrogen and oxygen atoms in total. The number of ether oxygens (including phenoxy) is 2. The molecule has 22 heavy (non-hydrogen) atoms. The third kappa shape index (κ3) is 4.21.